The highest BCUT2D eigenvalue weighted by Gasteiger charge is 2.11. The summed E-state index contributed by atoms with van der Waals surface area (Å²) in [6, 6.07) is 13.4. The molecule has 0 spiro atoms. The van der Waals surface area contributed by atoms with Crippen LogP contribution in [0.2, 0.25) is 0 Å². The van der Waals surface area contributed by atoms with E-state index in [1.807, 2.05) is 24.3 Å². The smallest absolute Gasteiger partial charge is 0.226 e. The zero-order chi connectivity index (χ0) is 17.5. The van der Waals surface area contributed by atoms with Gasteiger partial charge in [-0.1, -0.05) is 17.3 Å². The lowest BCUT2D eigenvalue weighted by Gasteiger charge is -2.07. The standard InChI is InChI=1S/C19H19FN2O3/c20-14-7-9-15(10-8-14)24-12-4-3-11-21-19(23)13-17-16-5-1-2-6-18(16)25-22-17/h1-2,5-10H,3-4,11-13H2,(H,21,23). The minimum atomic E-state index is -0.282. The maximum atomic E-state index is 12.8. The van der Waals surface area contributed by atoms with Crippen LogP contribution in [0.3, 0.4) is 0 Å². The summed E-state index contributed by atoms with van der Waals surface area (Å²) in [6.07, 6.45) is 1.79. The third kappa shape index (κ3) is 4.79. The van der Waals surface area contributed by atoms with Crippen LogP contribution in [0.5, 0.6) is 5.75 Å². The Balaban J connectivity index is 1.33. The fourth-order valence-electron chi connectivity index (χ4n) is 2.46. The van der Waals surface area contributed by atoms with Gasteiger partial charge in [-0.25, -0.2) is 4.39 Å². The van der Waals surface area contributed by atoms with Crippen molar-refractivity contribution in [1.82, 2.24) is 10.5 Å². The lowest BCUT2D eigenvalue weighted by molar-refractivity contribution is -0.120. The van der Waals surface area contributed by atoms with Gasteiger partial charge in [0, 0.05) is 11.9 Å². The molecule has 5 nitrogen and oxygen atoms in total. The number of nitrogens with zero attached hydrogens (tertiary/aromatic N) is 1. The number of nitrogens with one attached hydrogen (secondary N) is 1. The third-order valence-corrected chi connectivity index (χ3v) is 3.76. The van der Waals surface area contributed by atoms with Gasteiger partial charge in [-0.05, 0) is 49.2 Å². The molecule has 0 saturated heterocycles. The van der Waals surface area contributed by atoms with E-state index in [2.05, 4.69) is 10.5 Å². The molecule has 0 aliphatic carbocycles. The number of para-hydroxylation sites is 1. The van der Waals surface area contributed by atoms with Gasteiger partial charge in [0.25, 0.3) is 0 Å². The molecule has 0 bridgehead atoms. The van der Waals surface area contributed by atoms with Gasteiger partial charge in [0.05, 0.1) is 13.0 Å². The molecular weight excluding hydrogens is 323 g/mol. The SMILES string of the molecule is O=C(Cc1noc2ccccc12)NCCCCOc1ccc(F)cc1. The lowest BCUT2D eigenvalue weighted by Crippen LogP contribution is -2.26. The molecule has 3 rings (SSSR count). The highest BCUT2D eigenvalue weighted by atomic mass is 19.1. The van der Waals surface area contributed by atoms with E-state index < -0.39 is 0 Å². The van der Waals surface area contributed by atoms with Crippen LogP contribution in [-0.2, 0) is 11.2 Å². The molecule has 1 heterocycles. The maximum Gasteiger partial charge on any atom is 0.226 e. The second-order valence-electron chi connectivity index (χ2n) is 5.66. The first-order valence-electron chi connectivity index (χ1n) is 8.21. The molecule has 0 atom stereocenters. The average Bonchev–Trinajstić information content (AvgIpc) is 3.02. The van der Waals surface area contributed by atoms with Gasteiger partial charge in [0.1, 0.15) is 17.3 Å². The molecule has 1 N–H and O–H groups in total. The van der Waals surface area contributed by atoms with Gasteiger partial charge < -0.3 is 14.6 Å². The molecule has 0 saturated carbocycles. The van der Waals surface area contributed by atoms with Crippen LogP contribution in [0, 0.1) is 5.82 Å². The van der Waals surface area contributed by atoms with Crippen LogP contribution in [0.4, 0.5) is 4.39 Å². The number of hydrogen-bond donors (Lipinski definition) is 1. The molecule has 1 amide bonds. The predicted octanol–water partition coefficient (Wildman–Crippen LogP) is 3.48. The zero-order valence-electron chi connectivity index (χ0n) is 13.7. The highest BCUT2D eigenvalue weighted by Crippen LogP contribution is 2.18. The number of rotatable bonds is 8. The van der Waals surface area contributed by atoms with Crippen molar-refractivity contribution in [2.24, 2.45) is 0 Å². The van der Waals surface area contributed by atoms with Crippen LogP contribution in [0.25, 0.3) is 11.0 Å². The number of unbranched alkanes of at least 4 members (excludes halogenated alkanes) is 1. The Hall–Kier alpha value is -2.89. The molecule has 130 valence electrons. The maximum absolute atomic E-state index is 12.8. The second-order valence-corrected chi connectivity index (χ2v) is 5.66. The van der Waals surface area contributed by atoms with Gasteiger partial charge in [-0.15, -0.1) is 0 Å². The fourth-order valence-corrected chi connectivity index (χ4v) is 2.46. The number of carbonyl (C=O) groups excluding carboxylic acids is 1. The summed E-state index contributed by atoms with van der Waals surface area (Å²) in [5.74, 6) is 0.275. The monoisotopic (exact) mass is 342 g/mol. The number of carbonyl (C=O) groups is 1. The van der Waals surface area contributed by atoms with Crippen LogP contribution < -0.4 is 10.1 Å². The number of amides is 1. The summed E-state index contributed by atoms with van der Waals surface area (Å²) in [7, 11) is 0. The molecule has 6 heteroatoms. The molecular formula is C19H19FN2O3. The van der Waals surface area contributed by atoms with Crippen molar-refractivity contribution >= 4 is 16.9 Å². The number of ether oxygens (including phenoxy) is 1. The lowest BCUT2D eigenvalue weighted by atomic mass is 10.1. The van der Waals surface area contributed by atoms with Crippen molar-refractivity contribution in [1.29, 1.82) is 0 Å². The van der Waals surface area contributed by atoms with Crippen molar-refractivity contribution in [3.05, 3.63) is 60.0 Å². The molecule has 3 aromatic rings. The normalized spacial score (nSPS) is 10.8. The quantitative estimate of drug-likeness (QED) is 0.637. The van der Waals surface area contributed by atoms with E-state index in [-0.39, 0.29) is 18.1 Å². The molecule has 0 unspecified atom stereocenters. The van der Waals surface area contributed by atoms with Crippen molar-refractivity contribution in [2.75, 3.05) is 13.2 Å². The van der Waals surface area contributed by atoms with Gasteiger partial charge in [-0.2, -0.15) is 0 Å². The van der Waals surface area contributed by atoms with Crippen molar-refractivity contribution < 1.29 is 18.4 Å². The first-order chi connectivity index (χ1) is 12.2. The molecule has 1 aromatic heterocycles. The van der Waals surface area contributed by atoms with Crippen molar-refractivity contribution in [2.45, 2.75) is 19.3 Å². The van der Waals surface area contributed by atoms with E-state index >= 15 is 0 Å². The fraction of sp³-hybridized carbons (Fsp3) is 0.263. The number of benzene rings is 2. The summed E-state index contributed by atoms with van der Waals surface area (Å²) < 4.78 is 23.5. The first-order valence-corrected chi connectivity index (χ1v) is 8.21. The van der Waals surface area contributed by atoms with Crippen LogP contribution in [0.15, 0.2) is 53.1 Å². The van der Waals surface area contributed by atoms with E-state index in [9.17, 15) is 9.18 Å². The van der Waals surface area contributed by atoms with Crippen LogP contribution in [-0.4, -0.2) is 24.2 Å². The van der Waals surface area contributed by atoms with E-state index in [0.29, 0.717) is 30.2 Å². The summed E-state index contributed by atoms with van der Waals surface area (Å²) >= 11 is 0. The highest BCUT2D eigenvalue weighted by molar-refractivity contribution is 5.86. The Morgan fingerprint density at radius 2 is 1.92 bits per heavy atom. The number of fused-ring (bicyclic) bond motifs is 1. The Morgan fingerprint density at radius 1 is 1.12 bits per heavy atom. The Labute approximate surface area is 144 Å². The number of aromatic nitrogens is 1. The predicted molar refractivity (Wildman–Crippen MR) is 91.9 cm³/mol. The molecule has 0 fully saturated rings. The molecule has 0 aliphatic rings. The topological polar surface area (TPSA) is 64.4 Å². The summed E-state index contributed by atoms with van der Waals surface area (Å²) in [5.41, 5.74) is 1.33. The van der Waals surface area contributed by atoms with E-state index in [1.165, 1.54) is 12.1 Å². The summed E-state index contributed by atoms with van der Waals surface area (Å²) in [6.45, 7) is 1.09. The van der Waals surface area contributed by atoms with Crippen LogP contribution >= 0.6 is 0 Å². The van der Waals surface area contributed by atoms with Crippen molar-refractivity contribution in [3.63, 3.8) is 0 Å². The minimum Gasteiger partial charge on any atom is -0.494 e. The number of halogens is 1. The Bertz CT molecular complexity index is 830. The van der Waals surface area contributed by atoms with Gasteiger partial charge >= 0.3 is 0 Å². The Morgan fingerprint density at radius 3 is 2.76 bits per heavy atom. The largest absolute Gasteiger partial charge is 0.494 e. The van der Waals surface area contributed by atoms with E-state index in [0.717, 1.165) is 18.2 Å². The molecule has 0 aliphatic heterocycles. The van der Waals surface area contributed by atoms with Gasteiger partial charge in [-0.3, -0.25) is 4.79 Å². The summed E-state index contributed by atoms with van der Waals surface area (Å²) in [4.78, 5) is 12.0. The molecule has 25 heavy (non-hydrogen) atoms. The first kappa shape index (κ1) is 17.0. The summed E-state index contributed by atoms with van der Waals surface area (Å²) in [5, 5.41) is 7.68. The van der Waals surface area contributed by atoms with Gasteiger partial charge in [0.15, 0.2) is 5.58 Å². The Kier molecular flexibility index (Phi) is 5.61. The van der Waals surface area contributed by atoms with Gasteiger partial charge in [0.2, 0.25) is 5.91 Å². The average molecular weight is 342 g/mol. The van der Waals surface area contributed by atoms with Crippen LogP contribution in [0.1, 0.15) is 18.5 Å². The van der Waals surface area contributed by atoms with Crippen molar-refractivity contribution in [3.8, 4) is 5.75 Å². The molecule has 0 radical (unpaired) electrons. The second kappa shape index (κ2) is 8.28. The van der Waals surface area contributed by atoms with E-state index in [4.69, 9.17) is 9.26 Å². The molecule has 2 aromatic carbocycles. The minimum absolute atomic E-state index is 0.0847. The third-order valence-electron chi connectivity index (χ3n) is 3.76. The van der Waals surface area contributed by atoms with E-state index in [1.54, 1.807) is 12.1 Å². The number of hydrogen-bond acceptors (Lipinski definition) is 4. The zero-order valence-corrected chi connectivity index (χ0v) is 13.7.